The number of nitrogens with one attached hydrogen (secondary N) is 1. The number of nitrogens with zero attached hydrogens (tertiary/aromatic N) is 1. The normalized spacial score (nSPS) is 25.5. The topological polar surface area (TPSA) is 15.3 Å². The Labute approximate surface area is 89.1 Å². The van der Waals surface area contributed by atoms with Gasteiger partial charge in [-0.05, 0) is 39.3 Å². The summed E-state index contributed by atoms with van der Waals surface area (Å²) in [5.41, 5.74) is 0. The molecule has 2 unspecified atom stereocenters. The highest BCUT2D eigenvalue weighted by atomic mass is 15.2. The Hall–Kier alpha value is -0.0800. The Morgan fingerprint density at radius 2 is 2.21 bits per heavy atom. The van der Waals surface area contributed by atoms with Gasteiger partial charge in [0.2, 0.25) is 0 Å². The van der Waals surface area contributed by atoms with Crippen molar-refractivity contribution < 1.29 is 0 Å². The third kappa shape index (κ3) is 3.58. The smallest absolute Gasteiger partial charge is 0.0218 e. The highest BCUT2D eigenvalue weighted by Crippen LogP contribution is 2.14. The van der Waals surface area contributed by atoms with Gasteiger partial charge < -0.3 is 10.2 Å². The molecular weight excluding hydrogens is 172 g/mol. The van der Waals surface area contributed by atoms with E-state index >= 15 is 0 Å². The summed E-state index contributed by atoms with van der Waals surface area (Å²) in [5.74, 6) is 0. The second-order valence-electron chi connectivity index (χ2n) is 4.58. The van der Waals surface area contributed by atoms with Gasteiger partial charge in [-0.2, -0.15) is 0 Å². The van der Waals surface area contributed by atoms with Crippen molar-refractivity contribution in [3.63, 3.8) is 0 Å². The maximum absolute atomic E-state index is 3.70. The fourth-order valence-electron chi connectivity index (χ4n) is 2.34. The lowest BCUT2D eigenvalue weighted by molar-refractivity contribution is 0.287. The summed E-state index contributed by atoms with van der Waals surface area (Å²) in [6.45, 7) is 7.03. The lowest BCUT2D eigenvalue weighted by Gasteiger charge is -2.23. The number of likely N-dealkylation sites (N-methyl/N-ethyl adjacent to an activating group) is 1. The van der Waals surface area contributed by atoms with Crippen molar-refractivity contribution in [2.45, 2.75) is 58.0 Å². The van der Waals surface area contributed by atoms with Crippen LogP contribution in [0.2, 0.25) is 0 Å². The van der Waals surface area contributed by atoms with Gasteiger partial charge in [0.1, 0.15) is 0 Å². The molecule has 0 radical (unpaired) electrons. The minimum absolute atomic E-state index is 0.744. The standard InChI is InChI=1S/C12H26N2/c1-4-7-11(5-2)13-10-12-8-6-9-14(12)3/h11-13H,4-10H2,1-3H3. The van der Waals surface area contributed by atoms with Crippen molar-refractivity contribution in [1.82, 2.24) is 10.2 Å². The molecule has 0 saturated carbocycles. The minimum Gasteiger partial charge on any atom is -0.312 e. The number of rotatable bonds is 6. The van der Waals surface area contributed by atoms with Gasteiger partial charge in [-0.3, -0.25) is 0 Å². The first-order chi connectivity index (χ1) is 6.77. The van der Waals surface area contributed by atoms with Gasteiger partial charge in [0, 0.05) is 18.6 Å². The second-order valence-corrected chi connectivity index (χ2v) is 4.58. The van der Waals surface area contributed by atoms with Crippen LogP contribution in [-0.2, 0) is 0 Å². The van der Waals surface area contributed by atoms with Crippen molar-refractivity contribution in [2.24, 2.45) is 0 Å². The molecule has 1 saturated heterocycles. The summed E-state index contributed by atoms with van der Waals surface area (Å²) in [4.78, 5) is 2.49. The maximum Gasteiger partial charge on any atom is 0.0218 e. The fourth-order valence-corrected chi connectivity index (χ4v) is 2.34. The number of hydrogen-bond donors (Lipinski definition) is 1. The third-order valence-corrected chi connectivity index (χ3v) is 3.44. The van der Waals surface area contributed by atoms with Crippen molar-refractivity contribution >= 4 is 0 Å². The molecule has 0 aromatic heterocycles. The van der Waals surface area contributed by atoms with Crippen molar-refractivity contribution in [3.8, 4) is 0 Å². The first-order valence-corrected chi connectivity index (χ1v) is 6.21. The fraction of sp³-hybridized carbons (Fsp3) is 1.00. The molecule has 84 valence electrons. The molecule has 2 atom stereocenters. The van der Waals surface area contributed by atoms with Crippen LogP contribution in [0.4, 0.5) is 0 Å². The van der Waals surface area contributed by atoms with E-state index in [1.807, 2.05) is 0 Å². The van der Waals surface area contributed by atoms with Crippen LogP contribution in [0, 0.1) is 0 Å². The molecule has 0 aliphatic carbocycles. The van der Waals surface area contributed by atoms with Crippen LogP contribution in [-0.4, -0.2) is 37.1 Å². The first kappa shape index (κ1) is 12.0. The summed E-state index contributed by atoms with van der Waals surface area (Å²) in [5, 5.41) is 3.70. The zero-order valence-electron chi connectivity index (χ0n) is 10.1. The van der Waals surface area contributed by atoms with E-state index in [4.69, 9.17) is 0 Å². The summed E-state index contributed by atoms with van der Waals surface area (Å²) >= 11 is 0. The van der Waals surface area contributed by atoms with E-state index in [0.29, 0.717) is 0 Å². The highest BCUT2D eigenvalue weighted by Gasteiger charge is 2.20. The molecule has 2 nitrogen and oxygen atoms in total. The van der Waals surface area contributed by atoms with Gasteiger partial charge in [0.05, 0.1) is 0 Å². The molecule has 0 aromatic carbocycles. The Bertz CT molecular complexity index is 147. The van der Waals surface area contributed by atoms with Gasteiger partial charge in [-0.15, -0.1) is 0 Å². The summed E-state index contributed by atoms with van der Waals surface area (Å²) in [6.07, 6.45) is 6.66. The van der Waals surface area contributed by atoms with Crippen LogP contribution in [0.25, 0.3) is 0 Å². The maximum atomic E-state index is 3.70. The molecule has 0 amide bonds. The van der Waals surface area contributed by atoms with Gasteiger partial charge in [-0.25, -0.2) is 0 Å². The van der Waals surface area contributed by atoms with E-state index in [0.717, 1.165) is 12.1 Å². The molecule has 14 heavy (non-hydrogen) atoms. The molecule has 1 aliphatic heterocycles. The lowest BCUT2D eigenvalue weighted by Crippen LogP contribution is -2.40. The van der Waals surface area contributed by atoms with Crippen LogP contribution in [0.1, 0.15) is 46.0 Å². The van der Waals surface area contributed by atoms with E-state index in [9.17, 15) is 0 Å². The van der Waals surface area contributed by atoms with Crippen molar-refractivity contribution in [2.75, 3.05) is 20.1 Å². The molecule has 1 aliphatic rings. The first-order valence-electron chi connectivity index (χ1n) is 6.21. The largest absolute Gasteiger partial charge is 0.312 e. The van der Waals surface area contributed by atoms with Crippen LogP contribution >= 0.6 is 0 Å². The summed E-state index contributed by atoms with van der Waals surface area (Å²) < 4.78 is 0. The van der Waals surface area contributed by atoms with E-state index in [-0.39, 0.29) is 0 Å². The third-order valence-electron chi connectivity index (χ3n) is 3.44. The van der Waals surface area contributed by atoms with Crippen LogP contribution in [0.5, 0.6) is 0 Å². The molecule has 1 heterocycles. The Kier molecular flexibility index (Phi) is 5.49. The molecule has 1 N–H and O–H groups in total. The number of likely N-dealkylation sites (tertiary alicyclic amines) is 1. The van der Waals surface area contributed by atoms with Crippen molar-refractivity contribution in [3.05, 3.63) is 0 Å². The van der Waals surface area contributed by atoms with Gasteiger partial charge >= 0.3 is 0 Å². The minimum atomic E-state index is 0.744. The zero-order chi connectivity index (χ0) is 10.4. The van der Waals surface area contributed by atoms with E-state index in [1.165, 1.54) is 45.2 Å². The van der Waals surface area contributed by atoms with Gasteiger partial charge in [-0.1, -0.05) is 20.3 Å². The number of hydrogen-bond acceptors (Lipinski definition) is 2. The molecular formula is C12H26N2. The van der Waals surface area contributed by atoms with Crippen LogP contribution in [0.3, 0.4) is 0 Å². The van der Waals surface area contributed by atoms with Gasteiger partial charge in [0.15, 0.2) is 0 Å². The molecule has 2 heteroatoms. The van der Waals surface area contributed by atoms with Crippen LogP contribution in [0.15, 0.2) is 0 Å². The van der Waals surface area contributed by atoms with Crippen LogP contribution < -0.4 is 5.32 Å². The molecule has 0 spiro atoms. The quantitative estimate of drug-likeness (QED) is 0.704. The second kappa shape index (κ2) is 6.41. The Balaban J connectivity index is 2.17. The average Bonchev–Trinajstić information content (AvgIpc) is 2.59. The predicted molar refractivity (Wildman–Crippen MR) is 62.6 cm³/mol. The predicted octanol–water partition coefficient (Wildman–Crippen LogP) is 2.25. The van der Waals surface area contributed by atoms with E-state index < -0.39 is 0 Å². The van der Waals surface area contributed by atoms with Crippen molar-refractivity contribution in [1.29, 1.82) is 0 Å². The average molecular weight is 198 g/mol. The SMILES string of the molecule is CCCC(CC)NCC1CCCN1C. The summed E-state index contributed by atoms with van der Waals surface area (Å²) in [7, 11) is 2.25. The van der Waals surface area contributed by atoms with E-state index in [2.05, 4.69) is 31.1 Å². The van der Waals surface area contributed by atoms with Gasteiger partial charge in [0.25, 0.3) is 0 Å². The highest BCUT2D eigenvalue weighted by molar-refractivity contribution is 4.79. The zero-order valence-corrected chi connectivity index (χ0v) is 10.1. The monoisotopic (exact) mass is 198 g/mol. The molecule has 1 rings (SSSR count). The molecule has 0 bridgehead atoms. The molecule has 1 fully saturated rings. The Morgan fingerprint density at radius 1 is 1.43 bits per heavy atom. The Morgan fingerprint density at radius 3 is 2.71 bits per heavy atom. The summed E-state index contributed by atoms with van der Waals surface area (Å²) in [6, 6.07) is 1.54. The van der Waals surface area contributed by atoms with E-state index in [1.54, 1.807) is 0 Å². The molecule has 0 aromatic rings. The lowest BCUT2D eigenvalue weighted by atomic mass is 10.1.